The highest BCUT2D eigenvalue weighted by atomic mass is 32.2. The Kier molecular flexibility index (Phi) is 4.94. The number of para-hydroxylation sites is 2. The highest BCUT2D eigenvalue weighted by Gasteiger charge is 2.24. The number of amides is 1. The van der Waals surface area contributed by atoms with Crippen molar-refractivity contribution in [1.29, 1.82) is 0 Å². The summed E-state index contributed by atoms with van der Waals surface area (Å²) in [4.78, 5) is 14.3. The number of hydrogen-bond acceptors (Lipinski definition) is 4. The Balaban J connectivity index is 1.87. The Hall–Kier alpha value is -1.20. The number of nitrogens with one attached hydrogen (secondary N) is 1. The number of nitrogens with two attached hydrogens (primary N) is 1. The van der Waals surface area contributed by atoms with Crippen LogP contribution in [-0.2, 0) is 4.79 Å². The number of carbonyl (C=O) groups is 1. The Labute approximate surface area is 125 Å². The van der Waals surface area contributed by atoms with E-state index in [4.69, 9.17) is 5.73 Å². The van der Waals surface area contributed by atoms with Gasteiger partial charge >= 0.3 is 0 Å². The smallest absolute Gasteiger partial charge is 0.238 e. The number of nitrogens with zero attached hydrogens (tertiary/aromatic N) is 1. The van der Waals surface area contributed by atoms with Crippen LogP contribution in [0.3, 0.4) is 0 Å². The van der Waals surface area contributed by atoms with Crippen LogP contribution >= 0.6 is 11.8 Å². The van der Waals surface area contributed by atoms with Crippen molar-refractivity contribution in [2.75, 3.05) is 36.4 Å². The summed E-state index contributed by atoms with van der Waals surface area (Å²) < 4.78 is 0.315. The van der Waals surface area contributed by atoms with E-state index in [9.17, 15) is 4.79 Å². The summed E-state index contributed by atoms with van der Waals surface area (Å²) in [5, 5.41) is 2.89. The highest BCUT2D eigenvalue weighted by Crippen LogP contribution is 2.30. The summed E-state index contributed by atoms with van der Waals surface area (Å²) in [6.45, 7) is 6.91. The standard InChI is InChI=1S/C15H23N3OS/c1-15(2)7-8-18(9-10-20-15)11-14(19)17-13-6-4-3-5-12(13)16/h3-6H,7-11,16H2,1-2H3,(H,17,19). The molecule has 2 rings (SSSR count). The molecule has 0 radical (unpaired) electrons. The number of nitrogen functional groups attached to an aromatic ring is 1. The van der Waals surface area contributed by atoms with E-state index in [0.717, 1.165) is 25.3 Å². The third-order valence-electron chi connectivity index (χ3n) is 3.53. The summed E-state index contributed by atoms with van der Waals surface area (Å²) >= 11 is 1.99. The van der Waals surface area contributed by atoms with E-state index in [1.54, 1.807) is 6.07 Å². The van der Waals surface area contributed by atoms with Gasteiger partial charge in [0.25, 0.3) is 0 Å². The summed E-state index contributed by atoms with van der Waals surface area (Å²) in [6, 6.07) is 7.35. The first-order valence-corrected chi connectivity index (χ1v) is 7.95. The lowest BCUT2D eigenvalue weighted by atomic mass is 10.1. The first kappa shape index (κ1) is 15.2. The van der Waals surface area contributed by atoms with E-state index in [0.29, 0.717) is 22.7 Å². The molecule has 1 aliphatic heterocycles. The van der Waals surface area contributed by atoms with Crippen LogP contribution in [-0.4, -0.2) is 40.9 Å². The minimum atomic E-state index is 0.00704. The largest absolute Gasteiger partial charge is 0.397 e. The van der Waals surface area contributed by atoms with Crippen LogP contribution in [0.15, 0.2) is 24.3 Å². The molecule has 0 aliphatic carbocycles. The van der Waals surface area contributed by atoms with Crippen molar-refractivity contribution in [3.05, 3.63) is 24.3 Å². The van der Waals surface area contributed by atoms with Crippen LogP contribution in [0.4, 0.5) is 11.4 Å². The van der Waals surface area contributed by atoms with Gasteiger partial charge in [-0.3, -0.25) is 9.69 Å². The highest BCUT2D eigenvalue weighted by molar-refractivity contribution is 8.00. The van der Waals surface area contributed by atoms with Gasteiger partial charge in [-0.2, -0.15) is 11.8 Å². The molecule has 3 N–H and O–H groups in total. The molecule has 0 bridgehead atoms. The van der Waals surface area contributed by atoms with Crippen LogP contribution in [0, 0.1) is 0 Å². The van der Waals surface area contributed by atoms with Gasteiger partial charge < -0.3 is 11.1 Å². The monoisotopic (exact) mass is 293 g/mol. The molecule has 0 spiro atoms. The van der Waals surface area contributed by atoms with Crippen LogP contribution in [0.2, 0.25) is 0 Å². The average molecular weight is 293 g/mol. The Morgan fingerprint density at radius 3 is 2.90 bits per heavy atom. The Morgan fingerprint density at radius 2 is 2.15 bits per heavy atom. The third kappa shape index (κ3) is 4.42. The molecule has 1 amide bonds. The van der Waals surface area contributed by atoms with Crippen LogP contribution in [0.25, 0.3) is 0 Å². The van der Waals surface area contributed by atoms with Crippen molar-refractivity contribution in [3.63, 3.8) is 0 Å². The van der Waals surface area contributed by atoms with Crippen molar-refractivity contribution in [2.45, 2.75) is 25.0 Å². The zero-order valence-corrected chi connectivity index (χ0v) is 13.0. The van der Waals surface area contributed by atoms with E-state index in [2.05, 4.69) is 24.1 Å². The van der Waals surface area contributed by atoms with Gasteiger partial charge in [0.1, 0.15) is 0 Å². The molecule has 1 aromatic carbocycles. The molecular weight excluding hydrogens is 270 g/mol. The van der Waals surface area contributed by atoms with Gasteiger partial charge in [-0.1, -0.05) is 26.0 Å². The molecule has 1 heterocycles. The Bertz CT molecular complexity index is 476. The number of carbonyl (C=O) groups excluding carboxylic acids is 1. The fraction of sp³-hybridized carbons (Fsp3) is 0.533. The van der Waals surface area contributed by atoms with Crippen LogP contribution in [0.5, 0.6) is 0 Å². The molecule has 1 saturated heterocycles. The van der Waals surface area contributed by atoms with E-state index in [-0.39, 0.29) is 5.91 Å². The maximum absolute atomic E-state index is 12.1. The zero-order valence-electron chi connectivity index (χ0n) is 12.2. The van der Waals surface area contributed by atoms with E-state index in [1.807, 2.05) is 30.0 Å². The van der Waals surface area contributed by atoms with Gasteiger partial charge in [-0.15, -0.1) is 0 Å². The van der Waals surface area contributed by atoms with Crippen molar-refractivity contribution in [1.82, 2.24) is 4.90 Å². The van der Waals surface area contributed by atoms with Gasteiger partial charge in [-0.05, 0) is 18.6 Å². The summed E-state index contributed by atoms with van der Waals surface area (Å²) in [5.41, 5.74) is 7.13. The molecular formula is C15H23N3OS. The molecule has 20 heavy (non-hydrogen) atoms. The number of benzene rings is 1. The number of anilines is 2. The van der Waals surface area contributed by atoms with Gasteiger partial charge in [-0.25, -0.2) is 0 Å². The maximum Gasteiger partial charge on any atom is 0.238 e. The van der Waals surface area contributed by atoms with Gasteiger partial charge in [0.15, 0.2) is 0 Å². The quantitative estimate of drug-likeness (QED) is 0.840. The molecule has 0 aromatic heterocycles. The van der Waals surface area contributed by atoms with E-state index in [1.165, 1.54) is 0 Å². The topological polar surface area (TPSA) is 58.4 Å². The predicted molar refractivity (Wildman–Crippen MR) is 87.1 cm³/mol. The first-order valence-electron chi connectivity index (χ1n) is 6.97. The van der Waals surface area contributed by atoms with Crippen molar-refractivity contribution >= 4 is 29.0 Å². The molecule has 0 atom stereocenters. The number of hydrogen-bond donors (Lipinski definition) is 2. The van der Waals surface area contributed by atoms with E-state index >= 15 is 0 Å². The van der Waals surface area contributed by atoms with Gasteiger partial charge in [0, 0.05) is 23.6 Å². The predicted octanol–water partition coefficient (Wildman–Crippen LogP) is 2.42. The minimum Gasteiger partial charge on any atom is -0.397 e. The molecule has 1 aliphatic rings. The third-order valence-corrected chi connectivity index (χ3v) is 4.90. The molecule has 5 heteroatoms. The lowest BCUT2D eigenvalue weighted by Gasteiger charge is -2.22. The molecule has 4 nitrogen and oxygen atoms in total. The fourth-order valence-electron chi connectivity index (χ4n) is 2.22. The van der Waals surface area contributed by atoms with Crippen molar-refractivity contribution in [2.24, 2.45) is 0 Å². The average Bonchev–Trinajstić information content (AvgIpc) is 2.54. The lowest BCUT2D eigenvalue weighted by molar-refractivity contribution is -0.117. The summed E-state index contributed by atoms with van der Waals surface area (Å²) in [6.07, 6.45) is 1.11. The lowest BCUT2D eigenvalue weighted by Crippen LogP contribution is -2.35. The first-order chi connectivity index (χ1) is 9.46. The van der Waals surface area contributed by atoms with Gasteiger partial charge in [0.05, 0.1) is 17.9 Å². The number of thioether (sulfide) groups is 1. The second-order valence-electron chi connectivity index (χ2n) is 5.77. The zero-order chi connectivity index (χ0) is 14.6. The number of rotatable bonds is 3. The normalized spacial score (nSPS) is 19.3. The second kappa shape index (κ2) is 6.50. The van der Waals surface area contributed by atoms with Crippen LogP contribution < -0.4 is 11.1 Å². The molecule has 0 saturated carbocycles. The fourth-order valence-corrected chi connectivity index (χ4v) is 3.36. The minimum absolute atomic E-state index is 0.00704. The molecule has 1 fully saturated rings. The molecule has 1 aromatic rings. The second-order valence-corrected chi connectivity index (χ2v) is 7.57. The van der Waals surface area contributed by atoms with Crippen LogP contribution in [0.1, 0.15) is 20.3 Å². The SMILES string of the molecule is CC1(C)CCN(CC(=O)Nc2ccccc2N)CCS1. The van der Waals surface area contributed by atoms with Gasteiger partial charge in [0.2, 0.25) is 5.91 Å². The summed E-state index contributed by atoms with van der Waals surface area (Å²) in [5.74, 6) is 1.08. The summed E-state index contributed by atoms with van der Waals surface area (Å²) in [7, 11) is 0. The van der Waals surface area contributed by atoms with Crippen molar-refractivity contribution < 1.29 is 4.79 Å². The molecule has 0 unspecified atom stereocenters. The Morgan fingerprint density at radius 1 is 1.40 bits per heavy atom. The maximum atomic E-state index is 12.1. The van der Waals surface area contributed by atoms with E-state index < -0.39 is 0 Å². The molecule has 110 valence electrons. The van der Waals surface area contributed by atoms with Crippen molar-refractivity contribution in [3.8, 4) is 0 Å².